The number of likely N-dealkylation sites (N-methyl/N-ethyl adjacent to an activating group) is 1. The monoisotopic (exact) mass is 415 g/mol. The molecule has 29 heavy (non-hydrogen) atoms. The molecule has 1 amide bonds. The maximum absolute atomic E-state index is 13.2. The molecule has 1 N–H and O–H groups in total. The molecule has 3 rings (SSSR count). The predicted molar refractivity (Wildman–Crippen MR) is 115 cm³/mol. The van der Waals surface area contributed by atoms with Crippen molar-refractivity contribution in [1.82, 2.24) is 15.1 Å². The van der Waals surface area contributed by atoms with E-state index in [-0.39, 0.29) is 23.5 Å². The topological polar surface area (TPSA) is 69.7 Å². The number of rotatable bonds is 7. The molecular formula is C22H29N3O3S. The molecule has 1 aliphatic rings. The molecule has 0 aromatic heterocycles. The Morgan fingerprint density at radius 3 is 2.00 bits per heavy atom. The van der Waals surface area contributed by atoms with Crippen LogP contribution in [0, 0.1) is 0 Å². The Morgan fingerprint density at radius 1 is 0.966 bits per heavy atom. The molecule has 1 aliphatic heterocycles. The molecule has 6 nitrogen and oxygen atoms in total. The van der Waals surface area contributed by atoms with Crippen molar-refractivity contribution in [3.8, 4) is 0 Å². The lowest BCUT2D eigenvalue weighted by Gasteiger charge is -2.34. The largest absolute Gasteiger partial charge is 0.353 e. The summed E-state index contributed by atoms with van der Waals surface area (Å²) in [7, 11) is 0.978. The summed E-state index contributed by atoms with van der Waals surface area (Å²) >= 11 is 0. The van der Waals surface area contributed by atoms with E-state index in [1.54, 1.807) is 0 Å². The Morgan fingerprint density at radius 2 is 1.48 bits per heavy atom. The highest BCUT2D eigenvalue weighted by Gasteiger charge is 2.32. The quantitative estimate of drug-likeness (QED) is 0.748. The normalized spacial score (nSPS) is 18.9. The minimum Gasteiger partial charge on any atom is -0.353 e. The van der Waals surface area contributed by atoms with Gasteiger partial charge >= 0.3 is 0 Å². The zero-order chi connectivity index (χ0) is 20.9. The number of nitrogens with zero attached hydrogens (tertiary/aromatic N) is 2. The van der Waals surface area contributed by atoms with Gasteiger partial charge in [0.1, 0.15) is 6.04 Å². The second kappa shape index (κ2) is 9.52. The van der Waals surface area contributed by atoms with Crippen molar-refractivity contribution in [1.29, 1.82) is 0 Å². The highest BCUT2D eigenvalue weighted by Crippen LogP contribution is 2.24. The first-order chi connectivity index (χ1) is 13.9. The van der Waals surface area contributed by atoms with Crippen LogP contribution in [0.1, 0.15) is 23.2 Å². The Balaban J connectivity index is 1.76. The maximum Gasteiger partial charge on any atom is 0.242 e. The molecular weight excluding hydrogens is 386 g/mol. The molecule has 7 heteroatoms. The predicted octanol–water partition coefficient (Wildman–Crippen LogP) is 1.88. The molecule has 0 aliphatic carbocycles. The Labute approximate surface area is 173 Å². The third-order valence-corrected chi connectivity index (χ3v) is 6.99. The molecule has 2 aromatic rings. The second-order valence-corrected chi connectivity index (χ2v) is 9.94. The van der Waals surface area contributed by atoms with Gasteiger partial charge in [0.15, 0.2) is 9.84 Å². The fourth-order valence-electron chi connectivity index (χ4n) is 3.72. The fourth-order valence-corrected chi connectivity index (χ4v) is 4.95. The van der Waals surface area contributed by atoms with Gasteiger partial charge in [0.25, 0.3) is 0 Å². The van der Waals surface area contributed by atoms with Gasteiger partial charge in [0.2, 0.25) is 5.91 Å². The zero-order valence-corrected chi connectivity index (χ0v) is 17.8. The first-order valence-corrected chi connectivity index (χ1v) is 11.7. The van der Waals surface area contributed by atoms with Crippen LogP contribution in [0.2, 0.25) is 0 Å². The van der Waals surface area contributed by atoms with Gasteiger partial charge in [-0.1, -0.05) is 60.7 Å². The van der Waals surface area contributed by atoms with Gasteiger partial charge in [-0.25, -0.2) is 8.42 Å². The Kier molecular flexibility index (Phi) is 7.05. The van der Waals surface area contributed by atoms with Crippen molar-refractivity contribution in [2.45, 2.75) is 12.1 Å². The van der Waals surface area contributed by atoms with Gasteiger partial charge in [-0.05, 0) is 25.2 Å². The van der Waals surface area contributed by atoms with E-state index in [1.165, 1.54) is 0 Å². The molecule has 2 unspecified atom stereocenters. The van der Waals surface area contributed by atoms with E-state index in [4.69, 9.17) is 0 Å². The van der Waals surface area contributed by atoms with Crippen LogP contribution in [0.5, 0.6) is 0 Å². The lowest BCUT2D eigenvalue weighted by atomic mass is 10.0. The Bertz CT molecular complexity index is 887. The summed E-state index contributed by atoms with van der Waals surface area (Å²) in [6.07, 6.45) is 0. The molecule has 1 saturated heterocycles. The number of amides is 1. The van der Waals surface area contributed by atoms with Crippen molar-refractivity contribution < 1.29 is 13.2 Å². The van der Waals surface area contributed by atoms with E-state index >= 15 is 0 Å². The molecule has 2 atom stereocenters. The van der Waals surface area contributed by atoms with Gasteiger partial charge in [-0.3, -0.25) is 9.69 Å². The van der Waals surface area contributed by atoms with Crippen molar-refractivity contribution in [2.75, 3.05) is 45.2 Å². The van der Waals surface area contributed by atoms with Crippen LogP contribution >= 0.6 is 0 Å². The number of hydrogen-bond acceptors (Lipinski definition) is 5. The van der Waals surface area contributed by atoms with Gasteiger partial charge in [-0.2, -0.15) is 0 Å². The summed E-state index contributed by atoms with van der Waals surface area (Å²) < 4.78 is 23.7. The van der Waals surface area contributed by atoms with E-state index in [0.29, 0.717) is 19.6 Å². The summed E-state index contributed by atoms with van der Waals surface area (Å²) in [6, 6.07) is 19.2. The summed E-state index contributed by atoms with van der Waals surface area (Å²) in [5, 5.41) is 3.11. The third-order valence-electron chi connectivity index (χ3n) is 5.39. The van der Waals surface area contributed by atoms with Crippen LogP contribution in [0.25, 0.3) is 0 Å². The number of benzene rings is 2. The molecule has 156 valence electrons. The van der Waals surface area contributed by atoms with Crippen LogP contribution in [0.3, 0.4) is 0 Å². The van der Waals surface area contributed by atoms with Crippen LogP contribution in [-0.2, 0) is 14.6 Å². The zero-order valence-electron chi connectivity index (χ0n) is 17.0. The van der Waals surface area contributed by atoms with E-state index in [9.17, 15) is 13.2 Å². The maximum atomic E-state index is 13.2. The second-order valence-electron chi connectivity index (χ2n) is 7.64. The lowest BCUT2D eigenvalue weighted by Crippen LogP contribution is -2.48. The SMILES string of the molecule is CN(C)C(CNC(=O)C(c1ccccc1)N1CCS(=O)(=O)CC1)c1ccccc1. The minimum atomic E-state index is -3.01. The van der Waals surface area contributed by atoms with E-state index < -0.39 is 15.9 Å². The standard InChI is InChI=1S/C22H29N3O3S/c1-24(2)20(18-9-5-3-6-10-18)17-23-22(26)21(19-11-7-4-8-12-19)25-13-15-29(27,28)16-14-25/h3-12,20-21H,13-17H2,1-2H3,(H,23,26). The van der Waals surface area contributed by atoms with Gasteiger partial charge in [0, 0.05) is 19.6 Å². The molecule has 0 spiro atoms. The summed E-state index contributed by atoms with van der Waals surface area (Å²) in [4.78, 5) is 17.3. The van der Waals surface area contributed by atoms with Gasteiger partial charge in [-0.15, -0.1) is 0 Å². The van der Waals surface area contributed by atoms with Crippen molar-refractivity contribution in [3.63, 3.8) is 0 Å². The molecule has 1 fully saturated rings. The number of carbonyl (C=O) groups is 1. The van der Waals surface area contributed by atoms with E-state index in [2.05, 4.69) is 22.3 Å². The first-order valence-electron chi connectivity index (χ1n) is 9.86. The van der Waals surface area contributed by atoms with Crippen LogP contribution < -0.4 is 5.32 Å². The average molecular weight is 416 g/mol. The van der Waals surface area contributed by atoms with Crippen LogP contribution in [0.15, 0.2) is 60.7 Å². The summed E-state index contributed by atoms with van der Waals surface area (Å²) in [6.45, 7) is 1.21. The molecule has 0 radical (unpaired) electrons. The average Bonchev–Trinajstić information content (AvgIpc) is 2.71. The number of nitrogens with one attached hydrogen (secondary N) is 1. The fraction of sp³-hybridized carbons (Fsp3) is 0.409. The highest BCUT2D eigenvalue weighted by molar-refractivity contribution is 7.91. The first kappa shape index (κ1) is 21.5. The lowest BCUT2D eigenvalue weighted by molar-refractivity contribution is -0.126. The van der Waals surface area contributed by atoms with Crippen LogP contribution in [-0.4, -0.2) is 69.4 Å². The van der Waals surface area contributed by atoms with E-state index in [1.807, 2.05) is 67.5 Å². The van der Waals surface area contributed by atoms with Crippen LogP contribution in [0.4, 0.5) is 0 Å². The molecule has 1 heterocycles. The summed E-state index contributed by atoms with van der Waals surface area (Å²) in [5.74, 6) is 0.0836. The smallest absolute Gasteiger partial charge is 0.242 e. The van der Waals surface area contributed by atoms with Gasteiger partial charge < -0.3 is 10.2 Å². The Hall–Kier alpha value is -2.22. The summed E-state index contributed by atoms with van der Waals surface area (Å²) in [5.41, 5.74) is 2.02. The van der Waals surface area contributed by atoms with Crippen molar-refractivity contribution >= 4 is 15.7 Å². The van der Waals surface area contributed by atoms with Crippen molar-refractivity contribution in [2.24, 2.45) is 0 Å². The van der Waals surface area contributed by atoms with E-state index in [0.717, 1.165) is 11.1 Å². The number of sulfone groups is 1. The van der Waals surface area contributed by atoms with Crippen molar-refractivity contribution in [3.05, 3.63) is 71.8 Å². The highest BCUT2D eigenvalue weighted by atomic mass is 32.2. The molecule has 0 bridgehead atoms. The minimum absolute atomic E-state index is 0.0540. The van der Waals surface area contributed by atoms with Gasteiger partial charge in [0.05, 0.1) is 17.5 Å². The molecule has 2 aromatic carbocycles. The third kappa shape index (κ3) is 5.65. The number of carbonyl (C=O) groups excluding carboxylic acids is 1. The molecule has 0 saturated carbocycles. The number of hydrogen-bond donors (Lipinski definition) is 1.